The molecule has 0 atom stereocenters. The summed E-state index contributed by atoms with van der Waals surface area (Å²) in [5.41, 5.74) is 5.23. The van der Waals surface area contributed by atoms with Gasteiger partial charge in [0, 0.05) is 17.6 Å². The average Bonchev–Trinajstić information content (AvgIpc) is 3.09. The number of alkyl halides is 5. The van der Waals surface area contributed by atoms with E-state index in [1.54, 1.807) is 43.3 Å². The largest absolute Gasteiger partial charge is 0.459 e. The van der Waals surface area contributed by atoms with Crippen LogP contribution in [0.4, 0.5) is 33.3 Å². The van der Waals surface area contributed by atoms with Gasteiger partial charge in [0.25, 0.3) is 5.91 Å². The third-order valence-corrected chi connectivity index (χ3v) is 4.37. The maximum Gasteiger partial charge on any atom is 0.459 e. The number of anilines is 2. The summed E-state index contributed by atoms with van der Waals surface area (Å²) in [5.74, 6) is -6.43. The minimum Gasteiger partial charge on any atom is -0.399 e. The highest BCUT2D eigenvalue weighted by Gasteiger charge is 2.62. The smallest absolute Gasteiger partial charge is 0.399 e. The number of nitrogens with zero attached hydrogens (tertiary/aromatic N) is 2. The molecule has 3 rings (SSSR count). The zero-order valence-electron chi connectivity index (χ0n) is 15.7. The van der Waals surface area contributed by atoms with Gasteiger partial charge in [-0.3, -0.25) is 9.48 Å². The summed E-state index contributed by atoms with van der Waals surface area (Å²) in [6.45, 7) is 1.60. The molecule has 1 heterocycles. The molecule has 0 saturated heterocycles. The molecule has 10 heteroatoms. The third-order valence-electron chi connectivity index (χ3n) is 4.37. The van der Waals surface area contributed by atoms with Gasteiger partial charge in [-0.25, -0.2) is 0 Å². The molecule has 0 unspecified atom stereocenters. The fourth-order valence-electron chi connectivity index (χ4n) is 2.78. The van der Waals surface area contributed by atoms with Gasteiger partial charge in [0.15, 0.2) is 5.69 Å². The zero-order valence-corrected chi connectivity index (χ0v) is 15.7. The number of halogens is 5. The number of hydrogen-bond acceptors (Lipinski definition) is 3. The second kappa shape index (κ2) is 7.77. The monoisotopic (exact) mass is 424 g/mol. The van der Waals surface area contributed by atoms with Gasteiger partial charge in [-0.15, -0.1) is 0 Å². The Balaban J connectivity index is 2.00. The molecular formula is C20H17F5N4O. The number of aromatic nitrogens is 2. The van der Waals surface area contributed by atoms with Crippen LogP contribution in [0.1, 0.15) is 27.2 Å². The number of nitrogens with two attached hydrogens (primary N) is 1. The Hall–Kier alpha value is -3.43. The minimum absolute atomic E-state index is 0.124. The molecule has 0 aliphatic carbocycles. The first-order chi connectivity index (χ1) is 14.0. The molecule has 2 aromatic carbocycles. The van der Waals surface area contributed by atoms with Crippen LogP contribution in [0.15, 0.2) is 54.7 Å². The lowest BCUT2D eigenvalue weighted by molar-refractivity contribution is -0.291. The Morgan fingerprint density at radius 1 is 1.10 bits per heavy atom. The van der Waals surface area contributed by atoms with Gasteiger partial charge in [0.05, 0.1) is 12.1 Å². The second-order valence-corrected chi connectivity index (χ2v) is 6.67. The maximum atomic E-state index is 14.1. The molecule has 0 aliphatic rings. The van der Waals surface area contributed by atoms with Crippen molar-refractivity contribution in [2.45, 2.75) is 25.6 Å². The maximum absolute atomic E-state index is 14.1. The molecule has 0 fully saturated rings. The summed E-state index contributed by atoms with van der Waals surface area (Å²) in [6.07, 6.45) is -5.04. The molecule has 1 amide bonds. The molecule has 0 bridgehead atoms. The summed E-state index contributed by atoms with van der Waals surface area (Å²) in [4.78, 5) is 12.5. The highest BCUT2D eigenvalue weighted by molar-refractivity contribution is 6.05. The average molecular weight is 424 g/mol. The molecular weight excluding hydrogens is 407 g/mol. The minimum atomic E-state index is -5.91. The Labute approximate surface area is 168 Å². The van der Waals surface area contributed by atoms with Crippen molar-refractivity contribution < 1.29 is 26.7 Å². The Morgan fingerprint density at radius 2 is 1.77 bits per heavy atom. The van der Waals surface area contributed by atoms with Crippen molar-refractivity contribution in [1.29, 1.82) is 0 Å². The number of nitrogen functional groups attached to an aromatic ring is 1. The molecule has 0 aliphatic heterocycles. The molecule has 5 nitrogen and oxygen atoms in total. The van der Waals surface area contributed by atoms with Crippen molar-refractivity contribution in [3.8, 4) is 0 Å². The summed E-state index contributed by atoms with van der Waals surface area (Å²) < 4.78 is 68.0. The summed E-state index contributed by atoms with van der Waals surface area (Å²) in [5, 5.41) is 5.72. The van der Waals surface area contributed by atoms with Crippen molar-refractivity contribution in [2.24, 2.45) is 0 Å². The molecule has 0 radical (unpaired) electrons. The first kappa shape index (κ1) is 21.3. The van der Waals surface area contributed by atoms with Gasteiger partial charge >= 0.3 is 12.1 Å². The molecule has 1 aromatic heterocycles. The van der Waals surface area contributed by atoms with E-state index in [-0.39, 0.29) is 12.2 Å². The SMILES string of the molecule is Cc1cc(Cn2cc(C(=O)Nc3ccccc3)c(C(F)(F)C(F)(F)F)n2)ccc1N. The molecule has 0 saturated carbocycles. The van der Waals surface area contributed by atoms with Crippen LogP contribution in [0.25, 0.3) is 0 Å². The number of benzene rings is 2. The lowest BCUT2D eigenvalue weighted by Gasteiger charge is -2.18. The van der Waals surface area contributed by atoms with E-state index in [2.05, 4.69) is 10.4 Å². The van der Waals surface area contributed by atoms with Gasteiger partial charge in [-0.05, 0) is 36.2 Å². The lowest BCUT2D eigenvalue weighted by Crippen LogP contribution is -2.36. The fraction of sp³-hybridized carbons (Fsp3) is 0.200. The number of carbonyl (C=O) groups excluding carboxylic acids is 1. The van der Waals surface area contributed by atoms with E-state index in [9.17, 15) is 26.7 Å². The number of carbonyl (C=O) groups is 1. The number of para-hydroxylation sites is 1. The van der Waals surface area contributed by atoms with Crippen LogP contribution in [-0.4, -0.2) is 21.9 Å². The zero-order chi connectivity index (χ0) is 22.1. The van der Waals surface area contributed by atoms with Crippen LogP contribution >= 0.6 is 0 Å². The van der Waals surface area contributed by atoms with E-state index in [1.165, 1.54) is 12.1 Å². The number of rotatable bonds is 5. The molecule has 0 spiro atoms. The van der Waals surface area contributed by atoms with E-state index < -0.39 is 29.3 Å². The quantitative estimate of drug-likeness (QED) is 0.460. The lowest BCUT2D eigenvalue weighted by atomic mass is 10.1. The van der Waals surface area contributed by atoms with Gasteiger partial charge in [-0.1, -0.05) is 30.3 Å². The van der Waals surface area contributed by atoms with E-state index in [1.807, 2.05) is 0 Å². The van der Waals surface area contributed by atoms with Crippen molar-refractivity contribution in [3.05, 3.63) is 77.1 Å². The predicted octanol–water partition coefficient (Wildman–Crippen LogP) is 4.73. The first-order valence-electron chi connectivity index (χ1n) is 8.73. The van der Waals surface area contributed by atoms with Crippen LogP contribution in [0.3, 0.4) is 0 Å². The van der Waals surface area contributed by atoms with Gasteiger partial charge in [0.2, 0.25) is 0 Å². The van der Waals surface area contributed by atoms with E-state index >= 15 is 0 Å². The van der Waals surface area contributed by atoms with Crippen molar-refractivity contribution >= 4 is 17.3 Å². The highest BCUT2D eigenvalue weighted by atomic mass is 19.4. The molecule has 3 aromatic rings. The van der Waals surface area contributed by atoms with Crippen molar-refractivity contribution in [2.75, 3.05) is 11.1 Å². The van der Waals surface area contributed by atoms with E-state index in [4.69, 9.17) is 5.73 Å². The summed E-state index contributed by atoms with van der Waals surface area (Å²) in [6, 6.07) is 12.6. The van der Waals surface area contributed by atoms with Gasteiger partial charge in [0.1, 0.15) is 0 Å². The number of aryl methyl sites for hydroxylation is 1. The molecule has 3 N–H and O–H groups in total. The van der Waals surface area contributed by atoms with Crippen molar-refractivity contribution in [1.82, 2.24) is 9.78 Å². The normalized spacial score (nSPS) is 12.1. The fourth-order valence-corrected chi connectivity index (χ4v) is 2.78. The number of nitrogens with one attached hydrogen (secondary N) is 1. The summed E-state index contributed by atoms with van der Waals surface area (Å²) in [7, 11) is 0. The van der Waals surface area contributed by atoms with Crippen LogP contribution in [0.5, 0.6) is 0 Å². The Bertz CT molecular complexity index is 1060. The predicted molar refractivity (Wildman–Crippen MR) is 101 cm³/mol. The second-order valence-electron chi connectivity index (χ2n) is 6.67. The van der Waals surface area contributed by atoms with Crippen LogP contribution in [-0.2, 0) is 12.5 Å². The van der Waals surface area contributed by atoms with Gasteiger partial charge < -0.3 is 11.1 Å². The molecule has 158 valence electrons. The Kier molecular flexibility index (Phi) is 5.51. The van der Waals surface area contributed by atoms with E-state index in [0.717, 1.165) is 10.9 Å². The van der Waals surface area contributed by atoms with Crippen LogP contribution in [0, 0.1) is 6.92 Å². The van der Waals surface area contributed by atoms with Crippen molar-refractivity contribution in [3.63, 3.8) is 0 Å². The topological polar surface area (TPSA) is 72.9 Å². The molecule has 30 heavy (non-hydrogen) atoms. The number of amides is 1. The third kappa shape index (κ3) is 4.27. The van der Waals surface area contributed by atoms with Crippen LogP contribution in [0.2, 0.25) is 0 Å². The first-order valence-corrected chi connectivity index (χ1v) is 8.73. The summed E-state index contributed by atoms with van der Waals surface area (Å²) >= 11 is 0. The standard InChI is InChI=1S/C20H17F5N4O/c1-12-9-13(7-8-16(12)26)10-29-11-15(17(28-29)19(21,22)20(23,24)25)18(30)27-14-5-3-2-4-6-14/h2-9,11H,10,26H2,1H3,(H,27,30). The van der Waals surface area contributed by atoms with Crippen LogP contribution < -0.4 is 11.1 Å². The number of hydrogen-bond donors (Lipinski definition) is 2. The van der Waals surface area contributed by atoms with E-state index in [0.29, 0.717) is 16.8 Å². The van der Waals surface area contributed by atoms with Gasteiger partial charge in [-0.2, -0.15) is 27.1 Å². The Morgan fingerprint density at radius 3 is 2.37 bits per heavy atom. The highest BCUT2D eigenvalue weighted by Crippen LogP contribution is 2.44.